The van der Waals surface area contributed by atoms with Crippen molar-refractivity contribution in [3.05, 3.63) is 35.9 Å². The molecule has 0 fully saturated rings. The molecule has 0 amide bonds. The largest absolute Gasteiger partial charge is 0.300 e. The molecule has 0 aliphatic carbocycles. The summed E-state index contributed by atoms with van der Waals surface area (Å²) in [5.74, 6) is 0.456. The Labute approximate surface area is 122 Å². The van der Waals surface area contributed by atoms with E-state index < -0.39 is 5.41 Å². The van der Waals surface area contributed by atoms with E-state index in [-0.39, 0.29) is 5.78 Å². The maximum Gasteiger partial charge on any atom is 0.139 e. The maximum absolute atomic E-state index is 12.5. The van der Waals surface area contributed by atoms with Gasteiger partial charge in [-0.15, -0.1) is 0 Å². The second-order valence-electron chi connectivity index (χ2n) is 5.95. The topological polar surface area (TPSA) is 34.1 Å². The molecule has 1 aromatic carbocycles. The van der Waals surface area contributed by atoms with Gasteiger partial charge in [-0.25, -0.2) is 0 Å². The molecule has 1 atom stereocenters. The first-order valence-corrected chi connectivity index (χ1v) is 7.54. The summed E-state index contributed by atoms with van der Waals surface area (Å²) in [5, 5.41) is 0. The Balaban J connectivity index is 2.82. The van der Waals surface area contributed by atoms with Gasteiger partial charge in [0.25, 0.3) is 0 Å². The van der Waals surface area contributed by atoms with Crippen LogP contribution >= 0.6 is 0 Å². The zero-order valence-electron chi connectivity index (χ0n) is 12.9. The molecule has 0 N–H and O–H groups in total. The Morgan fingerprint density at radius 2 is 1.75 bits per heavy atom. The lowest BCUT2D eigenvalue weighted by Crippen LogP contribution is -2.31. The van der Waals surface area contributed by atoms with Crippen molar-refractivity contribution in [1.29, 1.82) is 0 Å². The summed E-state index contributed by atoms with van der Waals surface area (Å²) >= 11 is 0. The minimum absolute atomic E-state index is 0.160. The van der Waals surface area contributed by atoms with Gasteiger partial charge in [0.1, 0.15) is 11.6 Å². The molecule has 0 saturated heterocycles. The fraction of sp³-hybridized carbons (Fsp3) is 0.556. The summed E-state index contributed by atoms with van der Waals surface area (Å²) in [6.07, 6.45) is 4.45. The normalized spacial score (nSPS) is 13.8. The highest BCUT2D eigenvalue weighted by atomic mass is 16.1. The number of carbonyl (C=O) groups excluding carboxylic acids is 2. The van der Waals surface area contributed by atoms with Crippen LogP contribution in [0.4, 0.5) is 0 Å². The van der Waals surface area contributed by atoms with Crippen molar-refractivity contribution in [3.63, 3.8) is 0 Å². The highest BCUT2D eigenvalue weighted by Gasteiger charge is 2.32. The lowest BCUT2D eigenvalue weighted by Gasteiger charge is -2.28. The minimum atomic E-state index is -0.414. The molecule has 0 aliphatic rings. The Morgan fingerprint density at radius 3 is 2.30 bits per heavy atom. The van der Waals surface area contributed by atoms with Gasteiger partial charge in [-0.3, -0.25) is 4.79 Å². The molecule has 1 aromatic rings. The van der Waals surface area contributed by atoms with Gasteiger partial charge in [-0.2, -0.15) is 0 Å². The number of Topliss-reactive ketones (excluding diaryl/α,β-unsaturated/α-hetero) is 2. The van der Waals surface area contributed by atoms with Crippen LogP contribution < -0.4 is 0 Å². The van der Waals surface area contributed by atoms with E-state index in [9.17, 15) is 9.59 Å². The lowest BCUT2D eigenvalue weighted by molar-refractivity contribution is -0.129. The molecule has 110 valence electrons. The standard InChI is InChI=1S/C18H26O2/c1-4-5-11-17(20)18(3,13-12-15(2)19)14-16-9-7-6-8-10-16/h6-10H,4-5,11-14H2,1-3H3. The third-order valence-electron chi connectivity index (χ3n) is 3.90. The van der Waals surface area contributed by atoms with Crippen molar-refractivity contribution in [2.75, 3.05) is 0 Å². The smallest absolute Gasteiger partial charge is 0.139 e. The molecule has 0 bridgehead atoms. The summed E-state index contributed by atoms with van der Waals surface area (Å²) in [6, 6.07) is 10.1. The average Bonchev–Trinajstić information content (AvgIpc) is 2.43. The number of rotatable bonds is 9. The molecule has 0 aromatic heterocycles. The third kappa shape index (κ3) is 5.28. The zero-order valence-corrected chi connectivity index (χ0v) is 12.9. The van der Waals surface area contributed by atoms with Gasteiger partial charge in [0.2, 0.25) is 0 Å². The average molecular weight is 274 g/mol. The van der Waals surface area contributed by atoms with Crippen molar-refractivity contribution in [2.45, 2.75) is 59.3 Å². The number of hydrogen-bond acceptors (Lipinski definition) is 2. The molecule has 1 unspecified atom stereocenters. The summed E-state index contributed by atoms with van der Waals surface area (Å²) in [7, 11) is 0. The Bertz CT molecular complexity index is 436. The molecular weight excluding hydrogens is 248 g/mol. The van der Waals surface area contributed by atoms with Crippen molar-refractivity contribution in [2.24, 2.45) is 5.41 Å². The second kappa shape index (κ2) is 7.98. The monoisotopic (exact) mass is 274 g/mol. The molecule has 0 spiro atoms. The van der Waals surface area contributed by atoms with Gasteiger partial charge in [-0.05, 0) is 31.7 Å². The second-order valence-corrected chi connectivity index (χ2v) is 5.95. The van der Waals surface area contributed by atoms with Crippen LogP contribution in [0.3, 0.4) is 0 Å². The number of hydrogen-bond donors (Lipinski definition) is 0. The van der Waals surface area contributed by atoms with E-state index in [4.69, 9.17) is 0 Å². The van der Waals surface area contributed by atoms with Crippen LogP contribution in [0.2, 0.25) is 0 Å². The first-order valence-electron chi connectivity index (χ1n) is 7.54. The zero-order chi connectivity index (χ0) is 15.0. The predicted octanol–water partition coefficient (Wildman–Crippen LogP) is 4.36. The molecule has 0 heterocycles. The molecule has 0 saturated carbocycles. The van der Waals surface area contributed by atoms with Crippen LogP contribution in [-0.2, 0) is 16.0 Å². The van der Waals surface area contributed by atoms with Crippen molar-refractivity contribution in [3.8, 4) is 0 Å². The highest BCUT2D eigenvalue weighted by Crippen LogP contribution is 2.31. The van der Waals surface area contributed by atoms with Gasteiger partial charge < -0.3 is 4.79 Å². The highest BCUT2D eigenvalue weighted by molar-refractivity contribution is 5.85. The third-order valence-corrected chi connectivity index (χ3v) is 3.90. The van der Waals surface area contributed by atoms with Gasteiger partial charge in [0, 0.05) is 18.3 Å². The molecule has 20 heavy (non-hydrogen) atoms. The van der Waals surface area contributed by atoms with E-state index in [0.717, 1.165) is 19.3 Å². The first kappa shape index (κ1) is 16.6. The van der Waals surface area contributed by atoms with Crippen molar-refractivity contribution in [1.82, 2.24) is 0 Å². The fourth-order valence-corrected chi connectivity index (χ4v) is 2.46. The fourth-order valence-electron chi connectivity index (χ4n) is 2.46. The number of carbonyl (C=O) groups is 2. The van der Waals surface area contributed by atoms with E-state index in [0.29, 0.717) is 25.0 Å². The summed E-state index contributed by atoms with van der Waals surface area (Å²) < 4.78 is 0. The summed E-state index contributed by atoms with van der Waals surface area (Å²) in [5.41, 5.74) is 0.755. The maximum atomic E-state index is 12.5. The van der Waals surface area contributed by atoms with Crippen molar-refractivity contribution < 1.29 is 9.59 Å². The van der Waals surface area contributed by atoms with Crippen LogP contribution in [0.15, 0.2) is 30.3 Å². The molecule has 2 nitrogen and oxygen atoms in total. The molecule has 0 radical (unpaired) electrons. The van der Waals surface area contributed by atoms with Gasteiger partial charge in [-0.1, -0.05) is 50.6 Å². The Kier molecular flexibility index (Phi) is 6.63. The molecular formula is C18H26O2. The van der Waals surface area contributed by atoms with Crippen LogP contribution in [0.25, 0.3) is 0 Å². The number of unbranched alkanes of at least 4 members (excludes halogenated alkanes) is 1. The van der Waals surface area contributed by atoms with E-state index >= 15 is 0 Å². The summed E-state index contributed by atoms with van der Waals surface area (Å²) in [6.45, 7) is 5.71. The van der Waals surface area contributed by atoms with Gasteiger partial charge in [0.05, 0.1) is 0 Å². The molecule has 2 heteroatoms. The van der Waals surface area contributed by atoms with E-state index in [1.165, 1.54) is 5.56 Å². The predicted molar refractivity (Wildman–Crippen MR) is 82.7 cm³/mol. The van der Waals surface area contributed by atoms with Crippen LogP contribution in [0.1, 0.15) is 58.4 Å². The van der Waals surface area contributed by atoms with Crippen LogP contribution in [-0.4, -0.2) is 11.6 Å². The van der Waals surface area contributed by atoms with E-state index in [2.05, 4.69) is 19.1 Å². The molecule has 0 aliphatic heterocycles. The Morgan fingerprint density at radius 1 is 1.10 bits per heavy atom. The quantitative estimate of drug-likeness (QED) is 0.670. The van der Waals surface area contributed by atoms with Crippen molar-refractivity contribution >= 4 is 11.6 Å². The Hall–Kier alpha value is -1.44. The lowest BCUT2D eigenvalue weighted by atomic mass is 9.74. The van der Waals surface area contributed by atoms with Gasteiger partial charge >= 0.3 is 0 Å². The van der Waals surface area contributed by atoms with E-state index in [1.54, 1.807) is 6.92 Å². The molecule has 1 rings (SSSR count). The van der Waals surface area contributed by atoms with Gasteiger partial charge in [0.15, 0.2) is 0 Å². The number of ketones is 2. The number of benzene rings is 1. The minimum Gasteiger partial charge on any atom is -0.300 e. The summed E-state index contributed by atoms with van der Waals surface area (Å²) in [4.78, 5) is 23.8. The van der Waals surface area contributed by atoms with E-state index in [1.807, 2.05) is 25.1 Å². The SMILES string of the molecule is CCCCC(=O)C(C)(CCC(C)=O)Cc1ccccc1. The first-order chi connectivity index (χ1) is 9.48. The van der Waals surface area contributed by atoms with Crippen LogP contribution in [0, 0.1) is 5.41 Å². The van der Waals surface area contributed by atoms with Crippen LogP contribution in [0.5, 0.6) is 0 Å².